The van der Waals surface area contributed by atoms with Crippen LogP contribution in [0.4, 0.5) is 4.39 Å². The Labute approximate surface area is 128 Å². The van der Waals surface area contributed by atoms with E-state index in [1.807, 2.05) is 17.0 Å². The lowest BCUT2D eigenvalue weighted by molar-refractivity contribution is -0.130. The first kappa shape index (κ1) is 14.7. The van der Waals surface area contributed by atoms with Crippen molar-refractivity contribution in [1.82, 2.24) is 19.7 Å². The molecule has 5 nitrogen and oxygen atoms in total. The molecule has 6 heteroatoms. The van der Waals surface area contributed by atoms with Gasteiger partial charge in [-0.3, -0.25) is 9.48 Å². The van der Waals surface area contributed by atoms with Crippen molar-refractivity contribution >= 4 is 5.91 Å². The summed E-state index contributed by atoms with van der Waals surface area (Å²) < 4.78 is 14.7. The van der Waals surface area contributed by atoms with Gasteiger partial charge in [0.25, 0.3) is 0 Å². The van der Waals surface area contributed by atoms with Gasteiger partial charge in [-0.15, -0.1) is 0 Å². The summed E-state index contributed by atoms with van der Waals surface area (Å²) in [6.07, 6.45) is 5.39. The van der Waals surface area contributed by atoms with Crippen LogP contribution in [-0.2, 0) is 11.3 Å². The Morgan fingerprint density at radius 1 is 1.32 bits per heavy atom. The summed E-state index contributed by atoms with van der Waals surface area (Å²) >= 11 is 0. The van der Waals surface area contributed by atoms with E-state index < -0.39 is 0 Å². The molecule has 1 atom stereocenters. The standard InChI is InChI=1S/C16H19FN4O/c17-15-5-3-13(4-6-15)14-7-9-20(10-14)16(22)2-1-8-21-12-18-11-19-21/h3-6,11-12,14H,1-2,7-10H2/t14-/m1/s1. The molecule has 0 unspecified atom stereocenters. The lowest BCUT2D eigenvalue weighted by atomic mass is 9.99. The van der Waals surface area contributed by atoms with Gasteiger partial charge in [0, 0.05) is 32.0 Å². The Bertz CT molecular complexity index is 612. The van der Waals surface area contributed by atoms with Crippen LogP contribution in [0.1, 0.15) is 30.7 Å². The maximum absolute atomic E-state index is 13.0. The van der Waals surface area contributed by atoms with E-state index >= 15 is 0 Å². The van der Waals surface area contributed by atoms with Crippen LogP contribution in [-0.4, -0.2) is 38.7 Å². The Balaban J connectivity index is 1.47. The zero-order chi connectivity index (χ0) is 15.4. The zero-order valence-electron chi connectivity index (χ0n) is 12.4. The predicted octanol–water partition coefficient (Wildman–Crippen LogP) is 2.21. The van der Waals surface area contributed by atoms with Gasteiger partial charge < -0.3 is 4.90 Å². The van der Waals surface area contributed by atoms with Crippen molar-refractivity contribution < 1.29 is 9.18 Å². The number of halogens is 1. The molecule has 1 aliphatic rings. The van der Waals surface area contributed by atoms with Gasteiger partial charge >= 0.3 is 0 Å². The van der Waals surface area contributed by atoms with Gasteiger partial charge in [-0.05, 0) is 30.5 Å². The predicted molar refractivity (Wildman–Crippen MR) is 79.6 cm³/mol. The lowest BCUT2D eigenvalue weighted by Gasteiger charge is -2.16. The van der Waals surface area contributed by atoms with Crippen LogP contribution < -0.4 is 0 Å². The molecule has 0 N–H and O–H groups in total. The Morgan fingerprint density at radius 2 is 2.14 bits per heavy atom. The van der Waals surface area contributed by atoms with Crippen molar-refractivity contribution in [3.8, 4) is 0 Å². The summed E-state index contributed by atoms with van der Waals surface area (Å²) in [5.41, 5.74) is 1.11. The zero-order valence-corrected chi connectivity index (χ0v) is 12.4. The second kappa shape index (κ2) is 6.68. The minimum atomic E-state index is -0.220. The Hall–Kier alpha value is -2.24. The number of likely N-dealkylation sites (tertiary alicyclic amines) is 1. The molecule has 1 saturated heterocycles. The number of aryl methyl sites for hydroxylation is 1. The molecule has 0 saturated carbocycles. The van der Waals surface area contributed by atoms with E-state index in [4.69, 9.17) is 0 Å². The third-order valence-corrected chi connectivity index (χ3v) is 4.13. The van der Waals surface area contributed by atoms with Gasteiger partial charge in [-0.25, -0.2) is 9.37 Å². The highest BCUT2D eigenvalue weighted by molar-refractivity contribution is 5.76. The van der Waals surface area contributed by atoms with Crippen molar-refractivity contribution in [1.29, 1.82) is 0 Å². The van der Waals surface area contributed by atoms with Crippen LogP contribution in [0.25, 0.3) is 0 Å². The minimum Gasteiger partial charge on any atom is -0.342 e. The highest BCUT2D eigenvalue weighted by Gasteiger charge is 2.26. The van der Waals surface area contributed by atoms with Crippen LogP contribution in [0.15, 0.2) is 36.9 Å². The number of benzene rings is 1. The van der Waals surface area contributed by atoms with Gasteiger partial charge in [0.1, 0.15) is 18.5 Å². The van der Waals surface area contributed by atoms with Crippen LogP contribution in [0.3, 0.4) is 0 Å². The fourth-order valence-electron chi connectivity index (χ4n) is 2.89. The first-order chi connectivity index (χ1) is 10.7. The summed E-state index contributed by atoms with van der Waals surface area (Å²) in [5.74, 6) is 0.285. The molecular formula is C16H19FN4O. The molecule has 22 heavy (non-hydrogen) atoms. The summed E-state index contributed by atoms with van der Waals surface area (Å²) in [6, 6.07) is 6.60. The highest BCUT2D eigenvalue weighted by atomic mass is 19.1. The molecule has 2 heterocycles. The SMILES string of the molecule is O=C(CCCn1cncn1)N1CC[C@@H](c2ccc(F)cc2)C1. The monoisotopic (exact) mass is 302 g/mol. The third-order valence-electron chi connectivity index (χ3n) is 4.13. The van der Waals surface area contributed by atoms with Crippen molar-refractivity contribution in [3.63, 3.8) is 0 Å². The number of hydrogen-bond donors (Lipinski definition) is 0. The highest BCUT2D eigenvalue weighted by Crippen LogP contribution is 2.27. The number of aromatic nitrogens is 3. The van der Waals surface area contributed by atoms with Crippen molar-refractivity contribution in [2.75, 3.05) is 13.1 Å². The molecule has 116 valence electrons. The molecule has 1 aromatic heterocycles. The maximum Gasteiger partial charge on any atom is 0.222 e. The normalized spacial score (nSPS) is 17.9. The van der Waals surface area contributed by atoms with E-state index in [9.17, 15) is 9.18 Å². The van der Waals surface area contributed by atoms with E-state index in [1.54, 1.807) is 11.0 Å². The second-order valence-corrected chi connectivity index (χ2v) is 5.64. The van der Waals surface area contributed by atoms with E-state index in [-0.39, 0.29) is 11.7 Å². The number of hydrogen-bond acceptors (Lipinski definition) is 3. The van der Waals surface area contributed by atoms with Crippen molar-refractivity contribution in [3.05, 3.63) is 48.3 Å². The van der Waals surface area contributed by atoms with E-state index in [0.717, 1.165) is 31.5 Å². The topological polar surface area (TPSA) is 51.0 Å². The molecule has 1 aliphatic heterocycles. The average Bonchev–Trinajstić information content (AvgIpc) is 3.19. The molecule has 1 fully saturated rings. The molecule has 0 spiro atoms. The van der Waals surface area contributed by atoms with Gasteiger partial charge in [-0.1, -0.05) is 12.1 Å². The lowest BCUT2D eigenvalue weighted by Crippen LogP contribution is -2.28. The smallest absolute Gasteiger partial charge is 0.222 e. The van der Waals surface area contributed by atoms with E-state index in [2.05, 4.69) is 10.1 Å². The number of rotatable bonds is 5. The molecular weight excluding hydrogens is 283 g/mol. The number of carbonyl (C=O) groups is 1. The fraction of sp³-hybridized carbons (Fsp3) is 0.438. The van der Waals surface area contributed by atoms with Crippen molar-refractivity contribution in [2.24, 2.45) is 0 Å². The molecule has 0 radical (unpaired) electrons. The summed E-state index contributed by atoms with van der Waals surface area (Å²) in [6.45, 7) is 2.22. The molecule has 0 bridgehead atoms. The molecule has 1 aromatic carbocycles. The second-order valence-electron chi connectivity index (χ2n) is 5.64. The van der Waals surface area contributed by atoms with E-state index in [1.165, 1.54) is 18.5 Å². The number of carbonyl (C=O) groups excluding carboxylic acids is 1. The Morgan fingerprint density at radius 3 is 2.86 bits per heavy atom. The van der Waals surface area contributed by atoms with Crippen LogP contribution in [0.5, 0.6) is 0 Å². The van der Waals surface area contributed by atoms with Gasteiger partial charge in [0.2, 0.25) is 5.91 Å². The Kier molecular flexibility index (Phi) is 4.46. The van der Waals surface area contributed by atoms with Gasteiger partial charge in [-0.2, -0.15) is 5.10 Å². The molecule has 2 aromatic rings. The first-order valence-corrected chi connectivity index (χ1v) is 7.58. The van der Waals surface area contributed by atoms with Crippen LogP contribution in [0.2, 0.25) is 0 Å². The number of nitrogens with zero attached hydrogens (tertiary/aromatic N) is 4. The average molecular weight is 302 g/mol. The minimum absolute atomic E-state index is 0.185. The number of amides is 1. The van der Waals surface area contributed by atoms with Crippen LogP contribution in [0, 0.1) is 5.82 Å². The summed E-state index contributed by atoms with van der Waals surface area (Å²) in [5, 5.41) is 4.02. The molecule has 0 aliphatic carbocycles. The van der Waals surface area contributed by atoms with Gasteiger partial charge in [0.15, 0.2) is 0 Å². The fourth-order valence-corrected chi connectivity index (χ4v) is 2.89. The molecule has 3 rings (SSSR count). The first-order valence-electron chi connectivity index (χ1n) is 7.58. The summed E-state index contributed by atoms with van der Waals surface area (Å²) in [7, 11) is 0. The van der Waals surface area contributed by atoms with Crippen LogP contribution >= 0.6 is 0 Å². The quantitative estimate of drug-likeness (QED) is 0.851. The van der Waals surface area contributed by atoms with E-state index in [0.29, 0.717) is 18.9 Å². The maximum atomic E-state index is 13.0. The molecule has 1 amide bonds. The third kappa shape index (κ3) is 3.50. The summed E-state index contributed by atoms with van der Waals surface area (Å²) in [4.78, 5) is 18.0. The van der Waals surface area contributed by atoms with Gasteiger partial charge in [0.05, 0.1) is 0 Å². The van der Waals surface area contributed by atoms with Crippen molar-refractivity contribution in [2.45, 2.75) is 31.7 Å². The largest absolute Gasteiger partial charge is 0.342 e.